The SMILES string of the molecule is CCOc1ccc(-c2noc(CCC(=O)N3CCC4(CCNC4)CC3)n2)cc1. The van der Waals surface area contributed by atoms with E-state index in [0.29, 0.717) is 36.6 Å². The van der Waals surface area contributed by atoms with Gasteiger partial charge in [-0.3, -0.25) is 4.79 Å². The molecule has 4 rings (SSSR count). The molecule has 150 valence electrons. The van der Waals surface area contributed by atoms with Crippen molar-refractivity contribution in [1.29, 1.82) is 0 Å². The van der Waals surface area contributed by atoms with Crippen LogP contribution in [0, 0.1) is 5.41 Å². The largest absolute Gasteiger partial charge is 0.494 e. The van der Waals surface area contributed by atoms with Crippen molar-refractivity contribution in [1.82, 2.24) is 20.4 Å². The monoisotopic (exact) mass is 384 g/mol. The Hall–Kier alpha value is -2.41. The third-order valence-corrected chi connectivity index (χ3v) is 5.95. The molecule has 1 N–H and O–H groups in total. The van der Waals surface area contributed by atoms with E-state index in [0.717, 1.165) is 50.3 Å². The molecule has 2 saturated heterocycles. The number of nitrogens with zero attached hydrogens (tertiary/aromatic N) is 3. The fourth-order valence-corrected chi connectivity index (χ4v) is 4.17. The van der Waals surface area contributed by atoms with Crippen molar-refractivity contribution in [3.63, 3.8) is 0 Å². The summed E-state index contributed by atoms with van der Waals surface area (Å²) < 4.78 is 10.8. The van der Waals surface area contributed by atoms with Crippen molar-refractivity contribution >= 4 is 5.91 Å². The zero-order chi connectivity index (χ0) is 19.4. The Morgan fingerprint density at radius 1 is 1.25 bits per heavy atom. The highest BCUT2D eigenvalue weighted by molar-refractivity contribution is 5.76. The summed E-state index contributed by atoms with van der Waals surface area (Å²) in [6, 6.07) is 7.60. The number of likely N-dealkylation sites (tertiary alicyclic amines) is 1. The van der Waals surface area contributed by atoms with Crippen LogP contribution in [0.2, 0.25) is 0 Å². The molecular formula is C21H28N4O3. The lowest BCUT2D eigenvalue weighted by molar-refractivity contribution is -0.133. The molecule has 0 radical (unpaired) electrons. The van der Waals surface area contributed by atoms with Gasteiger partial charge in [-0.05, 0) is 62.4 Å². The third kappa shape index (κ3) is 4.19. The van der Waals surface area contributed by atoms with Gasteiger partial charge in [-0.15, -0.1) is 0 Å². The summed E-state index contributed by atoms with van der Waals surface area (Å²) in [7, 11) is 0. The molecule has 0 aliphatic carbocycles. The number of carbonyl (C=O) groups is 1. The number of nitrogens with one attached hydrogen (secondary N) is 1. The van der Waals surface area contributed by atoms with E-state index >= 15 is 0 Å². The van der Waals surface area contributed by atoms with Gasteiger partial charge in [0.2, 0.25) is 17.6 Å². The van der Waals surface area contributed by atoms with Crippen LogP contribution in [0.4, 0.5) is 0 Å². The molecule has 3 heterocycles. The first kappa shape index (κ1) is 18.9. The highest BCUT2D eigenvalue weighted by atomic mass is 16.5. The summed E-state index contributed by atoms with van der Waals surface area (Å²) >= 11 is 0. The van der Waals surface area contributed by atoms with Crippen molar-refractivity contribution in [2.75, 3.05) is 32.8 Å². The molecule has 2 aromatic rings. The van der Waals surface area contributed by atoms with E-state index in [2.05, 4.69) is 15.5 Å². The van der Waals surface area contributed by atoms with E-state index in [4.69, 9.17) is 9.26 Å². The first-order chi connectivity index (χ1) is 13.7. The van der Waals surface area contributed by atoms with Gasteiger partial charge in [0.25, 0.3) is 0 Å². The number of ether oxygens (including phenoxy) is 1. The molecule has 2 aliphatic rings. The number of aryl methyl sites for hydroxylation is 1. The summed E-state index contributed by atoms with van der Waals surface area (Å²) in [4.78, 5) is 19.0. The summed E-state index contributed by atoms with van der Waals surface area (Å²) in [6.07, 6.45) is 4.34. The predicted molar refractivity (Wildman–Crippen MR) is 105 cm³/mol. The molecular weight excluding hydrogens is 356 g/mol. The van der Waals surface area contributed by atoms with E-state index in [-0.39, 0.29) is 5.91 Å². The minimum Gasteiger partial charge on any atom is -0.494 e. The molecule has 1 aromatic carbocycles. The molecule has 1 aromatic heterocycles. The molecule has 1 amide bonds. The quantitative estimate of drug-likeness (QED) is 0.825. The Bertz CT molecular complexity index is 786. The highest BCUT2D eigenvalue weighted by Gasteiger charge is 2.37. The summed E-state index contributed by atoms with van der Waals surface area (Å²) in [6.45, 7) is 6.53. The number of rotatable bonds is 6. The molecule has 7 nitrogen and oxygen atoms in total. The lowest BCUT2D eigenvalue weighted by Gasteiger charge is -2.38. The fourth-order valence-electron chi connectivity index (χ4n) is 4.17. The number of hydrogen-bond acceptors (Lipinski definition) is 6. The van der Waals surface area contributed by atoms with Crippen LogP contribution in [0.5, 0.6) is 5.75 Å². The maximum Gasteiger partial charge on any atom is 0.227 e. The number of benzene rings is 1. The summed E-state index contributed by atoms with van der Waals surface area (Å²) in [5, 5.41) is 7.50. The van der Waals surface area contributed by atoms with Gasteiger partial charge in [0.1, 0.15) is 5.75 Å². The minimum atomic E-state index is 0.182. The lowest BCUT2D eigenvalue weighted by atomic mass is 9.78. The smallest absolute Gasteiger partial charge is 0.227 e. The first-order valence-corrected chi connectivity index (χ1v) is 10.2. The Balaban J connectivity index is 1.28. The molecule has 2 aliphatic heterocycles. The standard InChI is InChI=1S/C21H28N4O3/c1-2-27-17-5-3-16(4-6-17)20-23-18(28-24-20)7-8-19(26)25-13-10-21(11-14-25)9-12-22-15-21/h3-6,22H,2,7-15H2,1H3. The fraction of sp³-hybridized carbons (Fsp3) is 0.571. The maximum atomic E-state index is 12.6. The number of hydrogen-bond donors (Lipinski definition) is 1. The number of piperidine rings is 1. The minimum absolute atomic E-state index is 0.182. The van der Waals surface area contributed by atoms with Gasteiger partial charge < -0.3 is 19.5 Å². The first-order valence-electron chi connectivity index (χ1n) is 10.2. The molecule has 0 unspecified atom stereocenters. The van der Waals surface area contributed by atoms with Crippen LogP contribution < -0.4 is 10.1 Å². The lowest BCUT2D eigenvalue weighted by Crippen LogP contribution is -2.44. The van der Waals surface area contributed by atoms with Crippen LogP contribution in [0.3, 0.4) is 0 Å². The average molecular weight is 384 g/mol. The van der Waals surface area contributed by atoms with Crippen LogP contribution >= 0.6 is 0 Å². The summed E-state index contributed by atoms with van der Waals surface area (Å²) in [5.74, 6) is 2.05. The van der Waals surface area contributed by atoms with Gasteiger partial charge in [0.05, 0.1) is 6.61 Å². The molecule has 28 heavy (non-hydrogen) atoms. The van der Waals surface area contributed by atoms with Gasteiger partial charge in [0.15, 0.2) is 0 Å². The Morgan fingerprint density at radius 2 is 2.04 bits per heavy atom. The van der Waals surface area contributed by atoms with Gasteiger partial charge >= 0.3 is 0 Å². The molecule has 0 bridgehead atoms. The Morgan fingerprint density at radius 3 is 2.71 bits per heavy atom. The van der Waals surface area contributed by atoms with Crippen molar-refractivity contribution in [2.45, 2.75) is 39.0 Å². The van der Waals surface area contributed by atoms with Crippen LogP contribution in [0.25, 0.3) is 11.4 Å². The van der Waals surface area contributed by atoms with E-state index in [1.165, 1.54) is 6.42 Å². The van der Waals surface area contributed by atoms with Crippen molar-refractivity contribution < 1.29 is 14.1 Å². The Labute approximate surface area is 165 Å². The van der Waals surface area contributed by atoms with Crippen LogP contribution in [0.15, 0.2) is 28.8 Å². The number of aromatic nitrogens is 2. The van der Waals surface area contributed by atoms with E-state index in [1.807, 2.05) is 36.1 Å². The van der Waals surface area contributed by atoms with E-state index in [9.17, 15) is 4.79 Å². The molecule has 7 heteroatoms. The second-order valence-corrected chi connectivity index (χ2v) is 7.78. The predicted octanol–water partition coefficient (Wildman–Crippen LogP) is 2.67. The normalized spacial score (nSPS) is 18.5. The van der Waals surface area contributed by atoms with E-state index < -0.39 is 0 Å². The highest BCUT2D eigenvalue weighted by Crippen LogP contribution is 2.37. The Kier molecular flexibility index (Phi) is 5.62. The molecule has 2 fully saturated rings. The average Bonchev–Trinajstić information content (AvgIpc) is 3.38. The molecule has 0 saturated carbocycles. The van der Waals surface area contributed by atoms with Crippen LogP contribution in [-0.4, -0.2) is 53.7 Å². The van der Waals surface area contributed by atoms with E-state index in [1.54, 1.807) is 0 Å². The third-order valence-electron chi connectivity index (χ3n) is 5.95. The molecule has 0 atom stereocenters. The topological polar surface area (TPSA) is 80.5 Å². The van der Waals surface area contributed by atoms with Gasteiger partial charge in [0, 0.05) is 38.0 Å². The van der Waals surface area contributed by atoms with Crippen molar-refractivity contribution in [3.8, 4) is 17.1 Å². The number of amides is 1. The summed E-state index contributed by atoms with van der Waals surface area (Å²) in [5.41, 5.74) is 1.30. The molecule has 1 spiro atoms. The van der Waals surface area contributed by atoms with Crippen molar-refractivity contribution in [3.05, 3.63) is 30.2 Å². The maximum absolute atomic E-state index is 12.6. The number of carbonyl (C=O) groups excluding carboxylic acids is 1. The van der Waals surface area contributed by atoms with Crippen LogP contribution in [-0.2, 0) is 11.2 Å². The van der Waals surface area contributed by atoms with Gasteiger partial charge in [-0.1, -0.05) is 5.16 Å². The van der Waals surface area contributed by atoms with Gasteiger partial charge in [-0.2, -0.15) is 4.98 Å². The zero-order valence-corrected chi connectivity index (χ0v) is 16.4. The van der Waals surface area contributed by atoms with Crippen molar-refractivity contribution in [2.24, 2.45) is 5.41 Å². The second kappa shape index (κ2) is 8.31. The zero-order valence-electron chi connectivity index (χ0n) is 16.4. The van der Waals surface area contributed by atoms with Gasteiger partial charge in [-0.25, -0.2) is 0 Å². The van der Waals surface area contributed by atoms with Crippen LogP contribution in [0.1, 0.15) is 38.5 Å². The second-order valence-electron chi connectivity index (χ2n) is 7.78.